The third-order valence-electron chi connectivity index (χ3n) is 2.96. The van der Waals surface area contributed by atoms with Crippen LogP contribution in [0.5, 0.6) is 0 Å². The Morgan fingerprint density at radius 2 is 1.77 bits per heavy atom. The summed E-state index contributed by atoms with van der Waals surface area (Å²) in [6.07, 6.45) is 0. The Morgan fingerprint density at radius 3 is 2.08 bits per heavy atom. The van der Waals surface area contributed by atoms with Crippen molar-refractivity contribution in [1.29, 1.82) is 0 Å². The van der Waals surface area contributed by atoms with Crippen molar-refractivity contribution >= 4 is 0 Å². The van der Waals surface area contributed by atoms with Crippen LogP contribution in [0.2, 0.25) is 0 Å². The van der Waals surface area contributed by atoms with E-state index in [9.17, 15) is 0 Å². The highest BCUT2D eigenvalue weighted by molar-refractivity contribution is 4.97. The first-order valence-corrected chi connectivity index (χ1v) is 4.55. The molecule has 0 aliphatic carbocycles. The van der Waals surface area contributed by atoms with Crippen molar-refractivity contribution in [2.75, 3.05) is 33.9 Å². The zero-order chi connectivity index (χ0) is 10.1. The van der Waals surface area contributed by atoms with Crippen LogP contribution in [0.3, 0.4) is 0 Å². The highest BCUT2D eigenvalue weighted by Gasteiger charge is 2.48. The standard InChI is InChI=1S/C9H20N2O2/c1-8(2,5-10)11-6-9(7-11,12-3)13-4/h5-7,10H2,1-4H3. The molecular formula is C9H20N2O2. The first-order valence-electron chi connectivity index (χ1n) is 4.55. The average molecular weight is 188 g/mol. The molecule has 0 aromatic carbocycles. The Kier molecular flexibility index (Phi) is 2.97. The number of nitrogens with zero attached hydrogens (tertiary/aromatic N) is 1. The van der Waals surface area contributed by atoms with E-state index in [-0.39, 0.29) is 5.54 Å². The lowest BCUT2D eigenvalue weighted by Crippen LogP contribution is -2.70. The Morgan fingerprint density at radius 1 is 1.31 bits per heavy atom. The molecule has 1 aliphatic heterocycles. The molecule has 0 saturated carbocycles. The van der Waals surface area contributed by atoms with Crippen LogP contribution >= 0.6 is 0 Å². The minimum atomic E-state index is -0.396. The third kappa shape index (κ3) is 1.86. The molecule has 0 bridgehead atoms. The molecule has 78 valence electrons. The number of rotatable bonds is 4. The minimum Gasteiger partial charge on any atom is -0.351 e. The van der Waals surface area contributed by atoms with E-state index in [1.165, 1.54) is 0 Å². The zero-order valence-corrected chi connectivity index (χ0v) is 8.96. The summed E-state index contributed by atoms with van der Waals surface area (Å²) in [5.41, 5.74) is 5.71. The van der Waals surface area contributed by atoms with Crippen LogP contribution in [0.25, 0.3) is 0 Å². The summed E-state index contributed by atoms with van der Waals surface area (Å²) >= 11 is 0. The van der Waals surface area contributed by atoms with Crippen LogP contribution < -0.4 is 5.73 Å². The Labute approximate surface area is 80.0 Å². The summed E-state index contributed by atoms with van der Waals surface area (Å²) in [7, 11) is 3.35. The Balaban J connectivity index is 2.48. The normalized spacial score (nSPS) is 22.8. The first-order chi connectivity index (χ1) is 5.99. The molecule has 0 atom stereocenters. The summed E-state index contributed by atoms with van der Waals surface area (Å²) < 4.78 is 10.6. The van der Waals surface area contributed by atoms with Gasteiger partial charge in [-0.1, -0.05) is 0 Å². The van der Waals surface area contributed by atoms with E-state index in [2.05, 4.69) is 18.7 Å². The lowest BCUT2D eigenvalue weighted by Gasteiger charge is -2.54. The van der Waals surface area contributed by atoms with Gasteiger partial charge < -0.3 is 15.2 Å². The van der Waals surface area contributed by atoms with Crippen molar-refractivity contribution in [2.24, 2.45) is 5.73 Å². The topological polar surface area (TPSA) is 47.7 Å². The predicted octanol–water partition coefficient (Wildman–Crippen LogP) is 0.0284. The molecule has 0 radical (unpaired) electrons. The fourth-order valence-corrected chi connectivity index (χ4v) is 1.43. The second-order valence-electron chi connectivity index (χ2n) is 4.19. The van der Waals surface area contributed by atoms with Crippen LogP contribution in [0.1, 0.15) is 13.8 Å². The van der Waals surface area contributed by atoms with Gasteiger partial charge in [0.05, 0.1) is 13.1 Å². The average Bonchev–Trinajstić information content (AvgIpc) is 2.04. The number of methoxy groups -OCH3 is 2. The van der Waals surface area contributed by atoms with Gasteiger partial charge in [-0.2, -0.15) is 0 Å². The molecule has 4 heteroatoms. The lowest BCUT2D eigenvalue weighted by atomic mass is 9.95. The van der Waals surface area contributed by atoms with E-state index in [0.29, 0.717) is 6.54 Å². The molecule has 1 heterocycles. The molecule has 0 amide bonds. The lowest BCUT2D eigenvalue weighted by molar-refractivity contribution is -0.289. The van der Waals surface area contributed by atoms with E-state index in [0.717, 1.165) is 13.1 Å². The van der Waals surface area contributed by atoms with E-state index in [4.69, 9.17) is 15.2 Å². The van der Waals surface area contributed by atoms with E-state index in [1.807, 2.05) is 0 Å². The SMILES string of the molecule is COC1(OC)CN(C(C)(C)CN)C1. The van der Waals surface area contributed by atoms with Gasteiger partial charge in [0.2, 0.25) is 0 Å². The largest absolute Gasteiger partial charge is 0.351 e. The van der Waals surface area contributed by atoms with E-state index in [1.54, 1.807) is 14.2 Å². The highest BCUT2D eigenvalue weighted by Crippen LogP contribution is 2.31. The van der Waals surface area contributed by atoms with E-state index < -0.39 is 5.79 Å². The molecule has 1 fully saturated rings. The second kappa shape index (κ2) is 3.53. The van der Waals surface area contributed by atoms with Crippen molar-refractivity contribution < 1.29 is 9.47 Å². The minimum absolute atomic E-state index is 0.0422. The summed E-state index contributed by atoms with van der Waals surface area (Å²) in [6, 6.07) is 0. The van der Waals surface area contributed by atoms with Crippen molar-refractivity contribution in [1.82, 2.24) is 4.90 Å². The molecule has 2 N–H and O–H groups in total. The van der Waals surface area contributed by atoms with Crippen LogP contribution in [0.15, 0.2) is 0 Å². The van der Waals surface area contributed by atoms with Gasteiger partial charge in [-0.25, -0.2) is 0 Å². The summed E-state index contributed by atoms with van der Waals surface area (Å²) in [5, 5.41) is 0. The van der Waals surface area contributed by atoms with Gasteiger partial charge in [0.25, 0.3) is 0 Å². The number of likely N-dealkylation sites (tertiary alicyclic amines) is 1. The summed E-state index contributed by atoms with van der Waals surface area (Å²) in [5.74, 6) is -0.396. The molecule has 4 nitrogen and oxygen atoms in total. The van der Waals surface area contributed by atoms with Crippen molar-refractivity contribution in [3.05, 3.63) is 0 Å². The fourth-order valence-electron chi connectivity index (χ4n) is 1.43. The fraction of sp³-hybridized carbons (Fsp3) is 1.00. The number of ether oxygens (including phenoxy) is 2. The van der Waals surface area contributed by atoms with E-state index >= 15 is 0 Å². The molecule has 1 aliphatic rings. The van der Waals surface area contributed by atoms with Gasteiger partial charge in [0, 0.05) is 26.3 Å². The molecule has 0 spiro atoms. The maximum Gasteiger partial charge on any atom is 0.193 e. The quantitative estimate of drug-likeness (QED) is 0.632. The first kappa shape index (κ1) is 10.9. The van der Waals surface area contributed by atoms with Gasteiger partial charge in [-0.05, 0) is 13.8 Å². The number of hydrogen-bond donors (Lipinski definition) is 1. The molecule has 0 aromatic rings. The maximum atomic E-state index is 5.66. The second-order valence-corrected chi connectivity index (χ2v) is 4.19. The van der Waals surface area contributed by atoms with Crippen LogP contribution in [-0.2, 0) is 9.47 Å². The summed E-state index contributed by atoms with van der Waals surface area (Å²) in [4.78, 5) is 2.26. The van der Waals surface area contributed by atoms with Gasteiger partial charge in [-0.3, -0.25) is 4.90 Å². The summed E-state index contributed by atoms with van der Waals surface area (Å²) in [6.45, 7) is 6.50. The molecule has 0 aromatic heterocycles. The van der Waals surface area contributed by atoms with Crippen LogP contribution in [0, 0.1) is 0 Å². The van der Waals surface area contributed by atoms with Crippen molar-refractivity contribution in [3.8, 4) is 0 Å². The van der Waals surface area contributed by atoms with Crippen LogP contribution in [0.4, 0.5) is 0 Å². The van der Waals surface area contributed by atoms with Crippen LogP contribution in [-0.4, -0.2) is 50.1 Å². The Bertz CT molecular complexity index is 170. The molecule has 13 heavy (non-hydrogen) atoms. The number of nitrogens with two attached hydrogens (primary N) is 1. The van der Waals surface area contributed by atoms with Gasteiger partial charge in [0.15, 0.2) is 5.79 Å². The highest BCUT2D eigenvalue weighted by atomic mass is 16.7. The molecule has 0 unspecified atom stereocenters. The van der Waals surface area contributed by atoms with Gasteiger partial charge in [-0.15, -0.1) is 0 Å². The number of hydrogen-bond acceptors (Lipinski definition) is 4. The maximum absolute atomic E-state index is 5.66. The molecule has 1 saturated heterocycles. The van der Waals surface area contributed by atoms with Gasteiger partial charge in [0.1, 0.15) is 0 Å². The zero-order valence-electron chi connectivity index (χ0n) is 8.96. The molecule has 1 rings (SSSR count). The van der Waals surface area contributed by atoms with Crippen molar-refractivity contribution in [2.45, 2.75) is 25.2 Å². The van der Waals surface area contributed by atoms with Gasteiger partial charge >= 0.3 is 0 Å². The monoisotopic (exact) mass is 188 g/mol. The van der Waals surface area contributed by atoms with Crippen molar-refractivity contribution in [3.63, 3.8) is 0 Å². The third-order valence-corrected chi connectivity index (χ3v) is 2.96. The Hall–Kier alpha value is -0.160. The molecular weight excluding hydrogens is 168 g/mol. The predicted molar refractivity (Wildman–Crippen MR) is 51.5 cm³/mol. The smallest absolute Gasteiger partial charge is 0.193 e.